The number of carbonyl (C=O) groups excluding carboxylic acids is 1. The predicted octanol–water partition coefficient (Wildman–Crippen LogP) is 1.37. The second-order valence-corrected chi connectivity index (χ2v) is 5.40. The fourth-order valence-corrected chi connectivity index (χ4v) is 2.25. The van der Waals surface area contributed by atoms with Crippen molar-refractivity contribution in [1.29, 1.82) is 0 Å². The van der Waals surface area contributed by atoms with Gasteiger partial charge in [0.25, 0.3) is 0 Å². The van der Waals surface area contributed by atoms with E-state index in [0.29, 0.717) is 12.4 Å². The van der Waals surface area contributed by atoms with Gasteiger partial charge >= 0.3 is 0 Å². The Bertz CT molecular complexity index is 583. The first-order valence-corrected chi connectivity index (χ1v) is 8.09. The molecular weight excluding hydrogens is 292 g/mol. The summed E-state index contributed by atoms with van der Waals surface area (Å²) in [7, 11) is 0. The third-order valence-corrected chi connectivity index (χ3v) is 3.53. The fourth-order valence-electron chi connectivity index (χ4n) is 2.25. The van der Waals surface area contributed by atoms with E-state index in [-0.39, 0.29) is 12.5 Å². The van der Waals surface area contributed by atoms with Crippen molar-refractivity contribution in [3.63, 3.8) is 0 Å². The number of tetrazole rings is 1. The van der Waals surface area contributed by atoms with Crippen LogP contribution in [0.4, 0.5) is 0 Å². The number of nitrogens with one attached hydrogen (secondary N) is 1. The maximum absolute atomic E-state index is 10.9. The molecule has 0 spiro atoms. The molecule has 124 valence electrons. The molecule has 0 fully saturated rings. The van der Waals surface area contributed by atoms with Crippen molar-refractivity contribution in [3.8, 4) is 11.4 Å². The third kappa shape index (κ3) is 6.15. The SMILES string of the molecule is NCC(=O)NCCCCCCCn1nnc(-c2ccccc2)n1. The van der Waals surface area contributed by atoms with Crippen molar-refractivity contribution in [1.82, 2.24) is 25.5 Å². The summed E-state index contributed by atoms with van der Waals surface area (Å²) < 4.78 is 0. The molecular formula is C16H24N6O. The van der Waals surface area contributed by atoms with Gasteiger partial charge in [-0.1, -0.05) is 49.6 Å². The van der Waals surface area contributed by atoms with Crippen LogP contribution in [0.15, 0.2) is 30.3 Å². The molecule has 0 aliphatic carbocycles. The molecule has 1 heterocycles. The summed E-state index contributed by atoms with van der Waals surface area (Å²) in [5.74, 6) is 0.581. The Kier molecular flexibility index (Phi) is 7.19. The Morgan fingerprint density at radius 1 is 1.09 bits per heavy atom. The number of nitrogens with two attached hydrogens (primary N) is 1. The average molecular weight is 316 g/mol. The molecule has 2 aromatic rings. The highest BCUT2D eigenvalue weighted by Gasteiger charge is 2.04. The fraction of sp³-hybridized carbons (Fsp3) is 0.500. The summed E-state index contributed by atoms with van der Waals surface area (Å²) in [6.45, 7) is 1.56. The molecule has 0 saturated carbocycles. The van der Waals surface area contributed by atoms with Crippen LogP contribution in [0.25, 0.3) is 11.4 Å². The molecule has 0 atom stereocenters. The number of aromatic nitrogens is 4. The number of hydrogen-bond acceptors (Lipinski definition) is 5. The zero-order valence-electron chi connectivity index (χ0n) is 13.3. The third-order valence-electron chi connectivity index (χ3n) is 3.53. The number of hydrogen-bond donors (Lipinski definition) is 2. The van der Waals surface area contributed by atoms with E-state index in [2.05, 4.69) is 20.7 Å². The summed E-state index contributed by atoms with van der Waals surface area (Å²) in [6, 6.07) is 9.85. The molecule has 7 nitrogen and oxygen atoms in total. The van der Waals surface area contributed by atoms with E-state index in [1.807, 2.05) is 30.3 Å². The molecule has 0 aliphatic rings. The first-order chi connectivity index (χ1) is 11.3. The lowest BCUT2D eigenvalue weighted by Crippen LogP contribution is -2.30. The van der Waals surface area contributed by atoms with Gasteiger partial charge in [-0.15, -0.1) is 10.2 Å². The Balaban J connectivity index is 1.57. The molecule has 7 heteroatoms. The van der Waals surface area contributed by atoms with Gasteiger partial charge in [0, 0.05) is 12.1 Å². The number of amides is 1. The highest BCUT2D eigenvalue weighted by Crippen LogP contribution is 2.12. The van der Waals surface area contributed by atoms with Crippen LogP contribution in [0, 0.1) is 0 Å². The van der Waals surface area contributed by atoms with E-state index < -0.39 is 0 Å². The van der Waals surface area contributed by atoms with Gasteiger partial charge in [0.15, 0.2) is 0 Å². The zero-order chi connectivity index (χ0) is 16.3. The largest absolute Gasteiger partial charge is 0.355 e. The number of unbranched alkanes of at least 4 members (excludes halogenated alkanes) is 4. The van der Waals surface area contributed by atoms with Gasteiger partial charge < -0.3 is 11.1 Å². The number of aryl methyl sites for hydroxylation is 1. The van der Waals surface area contributed by atoms with E-state index in [4.69, 9.17) is 5.73 Å². The predicted molar refractivity (Wildman–Crippen MR) is 88.4 cm³/mol. The van der Waals surface area contributed by atoms with Crippen molar-refractivity contribution >= 4 is 5.91 Å². The summed E-state index contributed by atoms with van der Waals surface area (Å²) >= 11 is 0. The van der Waals surface area contributed by atoms with E-state index in [1.165, 1.54) is 0 Å². The normalized spacial score (nSPS) is 10.7. The van der Waals surface area contributed by atoms with Gasteiger partial charge in [0.1, 0.15) is 0 Å². The topological polar surface area (TPSA) is 98.7 Å². The van der Waals surface area contributed by atoms with Gasteiger partial charge in [-0.3, -0.25) is 4.79 Å². The summed E-state index contributed by atoms with van der Waals surface area (Å²) in [5, 5.41) is 15.3. The molecule has 1 amide bonds. The van der Waals surface area contributed by atoms with Gasteiger partial charge in [-0.25, -0.2) is 0 Å². The van der Waals surface area contributed by atoms with Crippen molar-refractivity contribution < 1.29 is 4.79 Å². The van der Waals surface area contributed by atoms with Crippen LogP contribution in [0.1, 0.15) is 32.1 Å². The van der Waals surface area contributed by atoms with Crippen LogP contribution in [-0.2, 0) is 11.3 Å². The zero-order valence-corrected chi connectivity index (χ0v) is 13.3. The molecule has 0 saturated heterocycles. The van der Waals surface area contributed by atoms with Crippen LogP contribution < -0.4 is 11.1 Å². The molecule has 1 aromatic carbocycles. The summed E-state index contributed by atoms with van der Waals surface area (Å²) in [6.07, 6.45) is 5.38. The van der Waals surface area contributed by atoms with Gasteiger partial charge in [-0.05, 0) is 18.1 Å². The highest BCUT2D eigenvalue weighted by atomic mass is 16.1. The van der Waals surface area contributed by atoms with Gasteiger partial charge in [-0.2, -0.15) is 4.80 Å². The Labute approximate surface area is 136 Å². The summed E-state index contributed by atoms with van der Waals surface area (Å²) in [4.78, 5) is 12.6. The minimum atomic E-state index is -0.0866. The van der Waals surface area contributed by atoms with E-state index >= 15 is 0 Å². The maximum Gasteiger partial charge on any atom is 0.233 e. The van der Waals surface area contributed by atoms with Crippen molar-refractivity contribution in [2.24, 2.45) is 5.73 Å². The lowest BCUT2D eigenvalue weighted by Gasteiger charge is -2.03. The number of nitrogens with zero attached hydrogens (tertiary/aromatic N) is 4. The van der Waals surface area contributed by atoms with E-state index in [1.54, 1.807) is 4.80 Å². The average Bonchev–Trinajstić information content (AvgIpc) is 3.06. The lowest BCUT2D eigenvalue weighted by atomic mass is 10.1. The number of rotatable bonds is 10. The lowest BCUT2D eigenvalue weighted by molar-refractivity contribution is -0.119. The molecule has 2 rings (SSSR count). The van der Waals surface area contributed by atoms with Crippen LogP contribution in [0.2, 0.25) is 0 Å². The molecule has 23 heavy (non-hydrogen) atoms. The molecule has 0 radical (unpaired) electrons. The van der Waals surface area contributed by atoms with Crippen LogP contribution in [0.3, 0.4) is 0 Å². The molecule has 1 aromatic heterocycles. The minimum Gasteiger partial charge on any atom is -0.355 e. The van der Waals surface area contributed by atoms with Crippen molar-refractivity contribution in [2.75, 3.05) is 13.1 Å². The van der Waals surface area contributed by atoms with E-state index in [9.17, 15) is 4.79 Å². The van der Waals surface area contributed by atoms with Gasteiger partial charge in [0.2, 0.25) is 11.7 Å². The van der Waals surface area contributed by atoms with Crippen molar-refractivity contribution in [3.05, 3.63) is 30.3 Å². The second kappa shape index (κ2) is 9.68. The molecule has 0 aliphatic heterocycles. The minimum absolute atomic E-state index is 0.0654. The smallest absolute Gasteiger partial charge is 0.233 e. The Morgan fingerprint density at radius 2 is 1.83 bits per heavy atom. The second-order valence-electron chi connectivity index (χ2n) is 5.40. The number of carbonyl (C=O) groups is 1. The highest BCUT2D eigenvalue weighted by molar-refractivity contribution is 5.77. The molecule has 3 N–H and O–H groups in total. The summed E-state index contributed by atoms with van der Waals surface area (Å²) in [5.41, 5.74) is 6.20. The van der Waals surface area contributed by atoms with Crippen LogP contribution in [0.5, 0.6) is 0 Å². The maximum atomic E-state index is 10.9. The Morgan fingerprint density at radius 3 is 2.61 bits per heavy atom. The quantitative estimate of drug-likeness (QED) is 0.645. The first-order valence-electron chi connectivity index (χ1n) is 8.09. The monoisotopic (exact) mass is 316 g/mol. The molecule has 0 bridgehead atoms. The first kappa shape index (κ1) is 17.1. The van der Waals surface area contributed by atoms with Crippen LogP contribution >= 0.6 is 0 Å². The van der Waals surface area contributed by atoms with E-state index in [0.717, 1.165) is 44.2 Å². The number of benzene rings is 1. The van der Waals surface area contributed by atoms with Crippen molar-refractivity contribution in [2.45, 2.75) is 38.6 Å². The van der Waals surface area contributed by atoms with Crippen LogP contribution in [-0.4, -0.2) is 39.2 Å². The standard InChI is InChI=1S/C16H24N6O/c17-13-15(23)18-11-7-2-1-3-8-12-22-20-16(19-21-22)14-9-5-4-6-10-14/h4-6,9-10H,1-3,7-8,11-13,17H2,(H,18,23). The van der Waals surface area contributed by atoms with Gasteiger partial charge in [0.05, 0.1) is 13.1 Å². The molecule has 0 unspecified atom stereocenters. The Hall–Kier alpha value is -2.28.